The second kappa shape index (κ2) is 6.12. The van der Waals surface area contributed by atoms with E-state index < -0.39 is 6.08 Å². The van der Waals surface area contributed by atoms with Crippen LogP contribution in [0.2, 0.25) is 0 Å². The summed E-state index contributed by atoms with van der Waals surface area (Å²) in [6, 6.07) is 1.82. The van der Waals surface area contributed by atoms with E-state index in [1.54, 1.807) is 0 Å². The molecule has 5 nitrogen and oxygen atoms in total. The standard InChI is InChI=1S/C16H21FN4O/c1-4-12-14-13(7-11(3)18-12)19-16(17)20-15(14)21-5-6-22-9-10(2)8-21/h7,10H,4-6,8-9H2,1-3H3. The minimum atomic E-state index is -0.687. The highest BCUT2D eigenvalue weighted by Crippen LogP contribution is 2.28. The second-order valence-corrected chi connectivity index (χ2v) is 5.90. The van der Waals surface area contributed by atoms with E-state index in [9.17, 15) is 4.39 Å². The lowest BCUT2D eigenvalue weighted by Gasteiger charge is -2.24. The maximum atomic E-state index is 13.9. The summed E-state index contributed by atoms with van der Waals surface area (Å²) in [5.41, 5.74) is 2.40. The quantitative estimate of drug-likeness (QED) is 0.798. The van der Waals surface area contributed by atoms with Crippen LogP contribution in [-0.4, -0.2) is 41.3 Å². The maximum absolute atomic E-state index is 13.9. The predicted molar refractivity (Wildman–Crippen MR) is 83.6 cm³/mol. The summed E-state index contributed by atoms with van der Waals surface area (Å²) in [4.78, 5) is 14.7. The fourth-order valence-corrected chi connectivity index (χ4v) is 2.97. The fourth-order valence-electron chi connectivity index (χ4n) is 2.97. The van der Waals surface area contributed by atoms with Crippen molar-refractivity contribution in [1.82, 2.24) is 15.0 Å². The molecule has 3 rings (SSSR count). The Balaban J connectivity index is 2.19. The molecule has 0 bridgehead atoms. The first-order valence-corrected chi connectivity index (χ1v) is 7.75. The number of anilines is 1. The zero-order chi connectivity index (χ0) is 15.7. The molecule has 118 valence electrons. The van der Waals surface area contributed by atoms with Crippen molar-refractivity contribution in [3.63, 3.8) is 0 Å². The number of hydrogen-bond donors (Lipinski definition) is 0. The summed E-state index contributed by atoms with van der Waals surface area (Å²) in [6.45, 7) is 8.91. The van der Waals surface area contributed by atoms with Gasteiger partial charge in [-0.05, 0) is 25.3 Å². The lowest BCUT2D eigenvalue weighted by Crippen LogP contribution is -2.30. The predicted octanol–water partition coefficient (Wildman–Crippen LogP) is 2.51. The first-order valence-electron chi connectivity index (χ1n) is 7.75. The Kier molecular flexibility index (Phi) is 4.20. The van der Waals surface area contributed by atoms with E-state index in [2.05, 4.69) is 26.8 Å². The van der Waals surface area contributed by atoms with Crippen molar-refractivity contribution in [3.8, 4) is 0 Å². The first kappa shape index (κ1) is 15.1. The molecule has 1 unspecified atom stereocenters. The van der Waals surface area contributed by atoms with Gasteiger partial charge < -0.3 is 9.64 Å². The second-order valence-electron chi connectivity index (χ2n) is 5.90. The van der Waals surface area contributed by atoms with Gasteiger partial charge in [0, 0.05) is 18.8 Å². The van der Waals surface area contributed by atoms with Gasteiger partial charge in [0.2, 0.25) is 0 Å². The molecule has 0 radical (unpaired) electrons. The van der Waals surface area contributed by atoms with Gasteiger partial charge in [-0.3, -0.25) is 4.98 Å². The molecule has 1 atom stereocenters. The summed E-state index contributed by atoms with van der Waals surface area (Å²) >= 11 is 0. The Morgan fingerprint density at radius 2 is 2.18 bits per heavy atom. The van der Waals surface area contributed by atoms with E-state index in [1.165, 1.54) is 0 Å². The van der Waals surface area contributed by atoms with Crippen molar-refractivity contribution in [3.05, 3.63) is 23.5 Å². The molecular weight excluding hydrogens is 283 g/mol. The minimum Gasteiger partial charge on any atom is -0.379 e. The van der Waals surface area contributed by atoms with Crippen LogP contribution in [0.3, 0.4) is 0 Å². The van der Waals surface area contributed by atoms with Crippen molar-refractivity contribution in [1.29, 1.82) is 0 Å². The molecule has 0 N–H and O–H groups in total. The minimum absolute atomic E-state index is 0.374. The maximum Gasteiger partial charge on any atom is 0.311 e. The van der Waals surface area contributed by atoms with E-state index in [1.807, 2.05) is 19.9 Å². The summed E-state index contributed by atoms with van der Waals surface area (Å²) in [5.74, 6) is 1.02. The van der Waals surface area contributed by atoms with Crippen LogP contribution < -0.4 is 4.90 Å². The van der Waals surface area contributed by atoms with Crippen LogP contribution in [0.5, 0.6) is 0 Å². The summed E-state index contributed by atoms with van der Waals surface area (Å²) < 4.78 is 19.5. The van der Waals surface area contributed by atoms with Crippen LogP contribution in [0.1, 0.15) is 25.2 Å². The molecule has 3 heterocycles. The Labute approximate surface area is 129 Å². The van der Waals surface area contributed by atoms with Crippen molar-refractivity contribution >= 4 is 16.7 Å². The van der Waals surface area contributed by atoms with Crippen LogP contribution in [0, 0.1) is 18.9 Å². The number of fused-ring (bicyclic) bond motifs is 1. The fraction of sp³-hybridized carbons (Fsp3) is 0.562. The number of aryl methyl sites for hydroxylation is 2. The third kappa shape index (κ3) is 2.88. The van der Waals surface area contributed by atoms with Gasteiger partial charge in [-0.25, -0.2) is 4.98 Å². The van der Waals surface area contributed by atoms with Crippen molar-refractivity contribution in [2.75, 3.05) is 31.2 Å². The lowest BCUT2D eigenvalue weighted by atomic mass is 10.1. The largest absolute Gasteiger partial charge is 0.379 e. The highest BCUT2D eigenvalue weighted by atomic mass is 19.1. The third-order valence-electron chi connectivity index (χ3n) is 3.91. The van der Waals surface area contributed by atoms with Gasteiger partial charge in [-0.15, -0.1) is 0 Å². The molecule has 0 aliphatic carbocycles. The summed E-state index contributed by atoms with van der Waals surface area (Å²) in [6.07, 6.45) is 0.0769. The SMILES string of the molecule is CCc1nc(C)cc2nc(F)nc(N3CCOCC(C)C3)c12. The van der Waals surface area contributed by atoms with E-state index in [0.717, 1.165) is 36.3 Å². The molecule has 0 saturated carbocycles. The van der Waals surface area contributed by atoms with Crippen LogP contribution in [0.15, 0.2) is 6.07 Å². The van der Waals surface area contributed by atoms with Gasteiger partial charge >= 0.3 is 6.08 Å². The highest BCUT2D eigenvalue weighted by molar-refractivity contribution is 5.91. The zero-order valence-electron chi connectivity index (χ0n) is 13.3. The first-order chi connectivity index (χ1) is 10.6. The molecule has 1 aliphatic heterocycles. The number of aromatic nitrogens is 3. The normalized spacial score (nSPS) is 19.5. The van der Waals surface area contributed by atoms with E-state index in [-0.39, 0.29) is 0 Å². The third-order valence-corrected chi connectivity index (χ3v) is 3.91. The van der Waals surface area contributed by atoms with Crippen LogP contribution >= 0.6 is 0 Å². The lowest BCUT2D eigenvalue weighted by molar-refractivity contribution is 0.129. The van der Waals surface area contributed by atoms with Crippen molar-refractivity contribution in [2.45, 2.75) is 27.2 Å². The van der Waals surface area contributed by atoms with Crippen LogP contribution in [0.4, 0.5) is 10.2 Å². The molecule has 1 fully saturated rings. The molecule has 2 aromatic rings. The summed E-state index contributed by atoms with van der Waals surface area (Å²) in [7, 11) is 0. The smallest absolute Gasteiger partial charge is 0.311 e. The number of nitrogens with zero attached hydrogens (tertiary/aromatic N) is 4. The van der Waals surface area contributed by atoms with Crippen LogP contribution in [-0.2, 0) is 11.2 Å². The van der Waals surface area contributed by atoms with Gasteiger partial charge in [-0.1, -0.05) is 13.8 Å². The summed E-state index contributed by atoms with van der Waals surface area (Å²) in [5, 5.41) is 0.864. The zero-order valence-corrected chi connectivity index (χ0v) is 13.3. The molecular formula is C16H21FN4O. The molecule has 22 heavy (non-hydrogen) atoms. The highest BCUT2D eigenvalue weighted by Gasteiger charge is 2.22. The molecule has 1 saturated heterocycles. The number of rotatable bonds is 2. The van der Waals surface area contributed by atoms with Crippen molar-refractivity contribution in [2.24, 2.45) is 5.92 Å². The average molecular weight is 304 g/mol. The molecule has 0 amide bonds. The molecule has 6 heteroatoms. The Bertz CT molecular complexity index is 686. The number of hydrogen-bond acceptors (Lipinski definition) is 5. The van der Waals surface area contributed by atoms with Gasteiger partial charge in [-0.2, -0.15) is 9.37 Å². The van der Waals surface area contributed by atoms with Crippen molar-refractivity contribution < 1.29 is 9.13 Å². The monoisotopic (exact) mass is 304 g/mol. The van der Waals surface area contributed by atoms with Gasteiger partial charge in [0.25, 0.3) is 0 Å². The van der Waals surface area contributed by atoms with Crippen LogP contribution in [0.25, 0.3) is 10.9 Å². The molecule has 1 aliphatic rings. The van der Waals surface area contributed by atoms with E-state index >= 15 is 0 Å². The molecule has 0 aromatic carbocycles. The average Bonchev–Trinajstić information content (AvgIpc) is 2.69. The molecule has 2 aromatic heterocycles. The van der Waals surface area contributed by atoms with Gasteiger partial charge in [0.15, 0.2) is 0 Å². The topological polar surface area (TPSA) is 51.1 Å². The van der Waals surface area contributed by atoms with Gasteiger partial charge in [0.05, 0.1) is 29.8 Å². The van der Waals surface area contributed by atoms with E-state index in [0.29, 0.717) is 30.4 Å². The van der Waals surface area contributed by atoms with E-state index in [4.69, 9.17) is 4.74 Å². The number of halogens is 1. The Morgan fingerprint density at radius 3 is 2.95 bits per heavy atom. The van der Waals surface area contributed by atoms with Gasteiger partial charge in [0.1, 0.15) is 5.82 Å². The molecule has 0 spiro atoms. The Hall–Kier alpha value is -1.82. The Morgan fingerprint density at radius 1 is 1.36 bits per heavy atom. The number of pyridine rings is 1. The number of ether oxygens (including phenoxy) is 1.